The number of benzene rings is 2. The van der Waals surface area contributed by atoms with Crippen LogP contribution in [0.15, 0.2) is 42.5 Å². The highest BCUT2D eigenvalue weighted by atomic mass is 19.1. The van der Waals surface area contributed by atoms with Crippen molar-refractivity contribution in [2.24, 2.45) is 0 Å². The van der Waals surface area contributed by atoms with Gasteiger partial charge in [0, 0.05) is 5.56 Å². The van der Waals surface area contributed by atoms with E-state index in [1.54, 1.807) is 30.0 Å². The summed E-state index contributed by atoms with van der Waals surface area (Å²) in [5.74, 6) is 0.744. The summed E-state index contributed by atoms with van der Waals surface area (Å²) < 4.78 is 19.9. The molecule has 1 aromatic heterocycles. The first-order valence-electron chi connectivity index (χ1n) is 6.17. The molecule has 21 heavy (non-hydrogen) atoms. The molecule has 1 heterocycles. The topological polar surface area (TPSA) is 78.8 Å². The van der Waals surface area contributed by atoms with Gasteiger partial charge in [-0.2, -0.15) is 4.68 Å². The summed E-state index contributed by atoms with van der Waals surface area (Å²) in [4.78, 5) is 0. The Morgan fingerprint density at radius 3 is 2.57 bits per heavy atom. The van der Waals surface area contributed by atoms with E-state index in [9.17, 15) is 4.39 Å². The van der Waals surface area contributed by atoms with Crippen LogP contribution in [0.25, 0.3) is 17.1 Å². The van der Waals surface area contributed by atoms with Gasteiger partial charge in [-0.05, 0) is 52.9 Å². The molecular weight excluding hydrogens is 273 g/mol. The van der Waals surface area contributed by atoms with Crippen LogP contribution in [-0.4, -0.2) is 27.3 Å². The minimum atomic E-state index is -0.470. The van der Waals surface area contributed by atoms with Crippen molar-refractivity contribution >= 4 is 5.69 Å². The van der Waals surface area contributed by atoms with Crippen LogP contribution < -0.4 is 10.5 Å². The Hall–Kier alpha value is -2.96. The number of anilines is 1. The lowest BCUT2D eigenvalue weighted by molar-refractivity contribution is 0.414. The number of methoxy groups -OCH3 is 1. The normalized spacial score (nSPS) is 10.6. The van der Waals surface area contributed by atoms with E-state index in [1.165, 1.54) is 12.1 Å². The van der Waals surface area contributed by atoms with Gasteiger partial charge in [0.15, 0.2) is 5.82 Å². The van der Waals surface area contributed by atoms with Crippen molar-refractivity contribution in [3.8, 4) is 22.8 Å². The minimum absolute atomic E-state index is 0.0526. The number of tetrazole rings is 1. The van der Waals surface area contributed by atoms with E-state index < -0.39 is 5.82 Å². The zero-order valence-electron chi connectivity index (χ0n) is 11.2. The summed E-state index contributed by atoms with van der Waals surface area (Å²) in [6, 6.07) is 11.6. The second-order valence-electron chi connectivity index (χ2n) is 4.35. The van der Waals surface area contributed by atoms with Gasteiger partial charge in [0.25, 0.3) is 0 Å². The fourth-order valence-corrected chi connectivity index (χ4v) is 1.95. The van der Waals surface area contributed by atoms with Gasteiger partial charge in [-0.1, -0.05) is 0 Å². The minimum Gasteiger partial charge on any atom is -0.497 e. The van der Waals surface area contributed by atoms with Crippen molar-refractivity contribution in [3.63, 3.8) is 0 Å². The monoisotopic (exact) mass is 285 g/mol. The number of nitrogens with zero attached hydrogens (tertiary/aromatic N) is 4. The van der Waals surface area contributed by atoms with Gasteiger partial charge in [-0.3, -0.25) is 0 Å². The van der Waals surface area contributed by atoms with E-state index in [4.69, 9.17) is 10.5 Å². The third-order valence-electron chi connectivity index (χ3n) is 3.04. The number of nitrogens with two attached hydrogens (primary N) is 1. The summed E-state index contributed by atoms with van der Waals surface area (Å²) in [5.41, 5.74) is 7.03. The molecule has 0 fully saturated rings. The lowest BCUT2D eigenvalue weighted by Crippen LogP contribution is -2.00. The molecule has 0 radical (unpaired) electrons. The molecule has 0 saturated heterocycles. The van der Waals surface area contributed by atoms with E-state index in [0.29, 0.717) is 11.4 Å². The second kappa shape index (κ2) is 5.20. The second-order valence-corrected chi connectivity index (χ2v) is 4.35. The predicted molar refractivity (Wildman–Crippen MR) is 75.5 cm³/mol. The Kier molecular flexibility index (Phi) is 3.23. The molecular formula is C14H12FN5O. The molecule has 0 amide bonds. The van der Waals surface area contributed by atoms with Gasteiger partial charge in [-0.15, -0.1) is 5.10 Å². The molecule has 2 aromatic carbocycles. The fraction of sp³-hybridized carbons (Fsp3) is 0.0714. The summed E-state index contributed by atoms with van der Waals surface area (Å²) in [7, 11) is 1.60. The summed E-state index contributed by atoms with van der Waals surface area (Å²) in [6.45, 7) is 0. The Labute approximate surface area is 120 Å². The zero-order chi connectivity index (χ0) is 14.8. The number of halogens is 1. The number of aromatic nitrogens is 4. The van der Waals surface area contributed by atoms with Gasteiger partial charge < -0.3 is 10.5 Å². The third kappa shape index (κ3) is 2.40. The molecule has 3 aromatic rings. The molecule has 6 nitrogen and oxygen atoms in total. The van der Waals surface area contributed by atoms with E-state index in [1.807, 2.05) is 12.1 Å². The molecule has 2 N–H and O–H groups in total. The van der Waals surface area contributed by atoms with Gasteiger partial charge >= 0.3 is 0 Å². The van der Waals surface area contributed by atoms with Crippen molar-refractivity contribution in [3.05, 3.63) is 48.3 Å². The Bertz CT molecular complexity index is 769. The number of nitrogen functional groups attached to an aromatic ring is 1. The highest BCUT2D eigenvalue weighted by molar-refractivity contribution is 5.63. The summed E-state index contributed by atoms with van der Waals surface area (Å²) in [5, 5.41) is 11.6. The van der Waals surface area contributed by atoms with Crippen LogP contribution in [0, 0.1) is 5.82 Å². The van der Waals surface area contributed by atoms with Gasteiger partial charge in [0.05, 0.1) is 18.5 Å². The maximum absolute atomic E-state index is 13.2. The van der Waals surface area contributed by atoms with Crippen molar-refractivity contribution in [1.29, 1.82) is 0 Å². The molecule has 0 spiro atoms. The van der Waals surface area contributed by atoms with Crippen LogP contribution in [0.4, 0.5) is 10.1 Å². The molecule has 0 bridgehead atoms. The van der Waals surface area contributed by atoms with E-state index >= 15 is 0 Å². The van der Waals surface area contributed by atoms with Crippen molar-refractivity contribution in [1.82, 2.24) is 20.2 Å². The van der Waals surface area contributed by atoms with Gasteiger partial charge in [0.1, 0.15) is 11.6 Å². The average Bonchev–Trinajstić information content (AvgIpc) is 2.99. The summed E-state index contributed by atoms with van der Waals surface area (Å²) >= 11 is 0. The molecule has 0 aliphatic carbocycles. The number of hydrogen-bond acceptors (Lipinski definition) is 5. The molecule has 7 heteroatoms. The quantitative estimate of drug-likeness (QED) is 0.745. The third-order valence-corrected chi connectivity index (χ3v) is 3.04. The first-order valence-corrected chi connectivity index (χ1v) is 6.17. The zero-order valence-corrected chi connectivity index (χ0v) is 11.2. The van der Waals surface area contributed by atoms with Crippen LogP contribution in [-0.2, 0) is 0 Å². The maximum Gasteiger partial charge on any atom is 0.187 e. The highest BCUT2D eigenvalue weighted by Gasteiger charge is 2.12. The molecule has 0 unspecified atom stereocenters. The standard InChI is InChI=1S/C14H12FN5O/c1-21-11-5-3-10(4-6-11)20-14(17-18-19-20)9-2-7-12(15)13(16)8-9/h2-8H,16H2,1H3. The molecule has 0 atom stereocenters. The predicted octanol–water partition coefficient (Wildman–Crippen LogP) is 2.06. The van der Waals surface area contributed by atoms with Crippen molar-refractivity contribution in [2.45, 2.75) is 0 Å². The van der Waals surface area contributed by atoms with Crippen LogP contribution in [0.5, 0.6) is 5.75 Å². The van der Waals surface area contributed by atoms with Crippen LogP contribution >= 0.6 is 0 Å². The van der Waals surface area contributed by atoms with E-state index in [2.05, 4.69) is 15.5 Å². The smallest absolute Gasteiger partial charge is 0.187 e. The number of ether oxygens (including phenoxy) is 1. The first-order chi connectivity index (χ1) is 10.2. The van der Waals surface area contributed by atoms with Gasteiger partial charge in [-0.25, -0.2) is 4.39 Å². The Morgan fingerprint density at radius 2 is 1.90 bits per heavy atom. The Morgan fingerprint density at radius 1 is 1.14 bits per heavy atom. The lowest BCUT2D eigenvalue weighted by atomic mass is 10.2. The number of rotatable bonds is 3. The Balaban J connectivity index is 2.05. The molecule has 0 aliphatic rings. The van der Waals surface area contributed by atoms with Crippen molar-refractivity contribution < 1.29 is 9.13 Å². The van der Waals surface area contributed by atoms with E-state index in [-0.39, 0.29) is 5.69 Å². The SMILES string of the molecule is COc1ccc(-n2nnnc2-c2ccc(F)c(N)c2)cc1. The van der Waals surface area contributed by atoms with E-state index in [0.717, 1.165) is 11.4 Å². The molecule has 106 valence electrons. The average molecular weight is 285 g/mol. The van der Waals surface area contributed by atoms with Crippen LogP contribution in [0.2, 0.25) is 0 Å². The largest absolute Gasteiger partial charge is 0.497 e. The fourth-order valence-electron chi connectivity index (χ4n) is 1.95. The molecule has 0 saturated carbocycles. The van der Waals surface area contributed by atoms with Crippen molar-refractivity contribution in [2.75, 3.05) is 12.8 Å². The summed E-state index contributed by atoms with van der Waals surface area (Å²) in [6.07, 6.45) is 0. The number of hydrogen-bond donors (Lipinski definition) is 1. The van der Waals surface area contributed by atoms with Crippen LogP contribution in [0.1, 0.15) is 0 Å². The van der Waals surface area contributed by atoms with Gasteiger partial charge in [0.2, 0.25) is 0 Å². The maximum atomic E-state index is 13.2. The first kappa shape index (κ1) is 13.0. The lowest BCUT2D eigenvalue weighted by Gasteiger charge is -2.06. The molecule has 3 rings (SSSR count). The highest BCUT2D eigenvalue weighted by Crippen LogP contribution is 2.23. The van der Waals surface area contributed by atoms with Crippen LogP contribution in [0.3, 0.4) is 0 Å². The molecule has 0 aliphatic heterocycles.